The minimum Gasteiger partial charge on any atom is -0.474 e. The average Bonchev–Trinajstić information content (AvgIpc) is 3.17. The Morgan fingerprint density at radius 2 is 1.74 bits per heavy atom. The van der Waals surface area contributed by atoms with Crippen LogP contribution in [0.15, 0.2) is 72.9 Å². The number of nitrogens with zero attached hydrogens (tertiary/aromatic N) is 3. The van der Waals surface area contributed by atoms with Crippen molar-refractivity contribution in [1.29, 1.82) is 0 Å². The summed E-state index contributed by atoms with van der Waals surface area (Å²) in [5.74, 6) is 0.793. The van der Waals surface area contributed by atoms with Gasteiger partial charge in [0.2, 0.25) is 5.88 Å². The topological polar surface area (TPSA) is 115 Å². The first-order valence-corrected chi connectivity index (χ1v) is 12.6. The maximum atomic E-state index is 13.2. The number of carbonyl (C=O) groups is 3. The lowest BCUT2D eigenvalue weighted by Crippen LogP contribution is -2.53. The Hall–Kier alpha value is -4.40. The van der Waals surface area contributed by atoms with Gasteiger partial charge in [0.05, 0.1) is 6.10 Å². The number of ether oxygens (including phenoxy) is 2. The van der Waals surface area contributed by atoms with Gasteiger partial charge in [-0.15, -0.1) is 0 Å². The molecular weight excluding hydrogens is 484 g/mol. The molecule has 0 radical (unpaired) electrons. The minimum absolute atomic E-state index is 0.0139. The summed E-state index contributed by atoms with van der Waals surface area (Å²) in [6, 6.07) is 19.3. The van der Waals surface area contributed by atoms with E-state index in [1.54, 1.807) is 42.6 Å². The standard InChI is InChI=1S/C29H30N4O5/c1-19(37-27-24(26(30)35)9-6-14-31-27)15-29(2)16-21(17-29)33-25(34)18-32(28(33)36)20-10-12-23(13-11-20)38-22-7-4-3-5-8-22/h3-14,19,21H,15-18H2,1-2H3,(H2,30,35)/t19-,21-,29-/m0/s1. The number of rotatable bonds is 9. The number of benzene rings is 2. The molecule has 0 unspecified atom stereocenters. The molecule has 4 amide bonds. The second kappa shape index (κ2) is 10.2. The third-order valence-electron chi connectivity index (χ3n) is 7.08. The van der Waals surface area contributed by atoms with Crippen LogP contribution in [0.25, 0.3) is 0 Å². The maximum absolute atomic E-state index is 13.2. The SMILES string of the molecule is C[C@@H](C[C@]1(C)C[C@@H](N2C(=O)CN(c3ccc(Oc4ccccc4)cc3)C2=O)C1)Oc1ncccc1C(N)=O. The van der Waals surface area contributed by atoms with Crippen molar-refractivity contribution in [2.24, 2.45) is 11.1 Å². The van der Waals surface area contributed by atoms with E-state index < -0.39 is 5.91 Å². The van der Waals surface area contributed by atoms with Gasteiger partial charge >= 0.3 is 6.03 Å². The molecule has 2 fully saturated rings. The highest BCUT2D eigenvalue weighted by atomic mass is 16.5. The van der Waals surface area contributed by atoms with Gasteiger partial charge in [-0.2, -0.15) is 0 Å². The lowest BCUT2D eigenvalue weighted by Gasteiger charge is -2.49. The zero-order valence-corrected chi connectivity index (χ0v) is 21.4. The van der Waals surface area contributed by atoms with Gasteiger partial charge in [0, 0.05) is 17.9 Å². The Morgan fingerprint density at radius 1 is 1.05 bits per heavy atom. The molecule has 2 heterocycles. The minimum atomic E-state index is -0.593. The van der Waals surface area contributed by atoms with Crippen LogP contribution < -0.4 is 20.1 Å². The van der Waals surface area contributed by atoms with Crippen molar-refractivity contribution >= 4 is 23.5 Å². The highest BCUT2D eigenvalue weighted by Crippen LogP contribution is 2.48. The molecule has 0 bridgehead atoms. The van der Waals surface area contributed by atoms with E-state index in [9.17, 15) is 14.4 Å². The van der Waals surface area contributed by atoms with Gasteiger partial charge in [-0.25, -0.2) is 9.78 Å². The molecule has 1 saturated heterocycles. The second-order valence-electron chi connectivity index (χ2n) is 10.3. The molecule has 9 nitrogen and oxygen atoms in total. The van der Waals surface area contributed by atoms with Gasteiger partial charge in [0.15, 0.2) is 0 Å². The van der Waals surface area contributed by atoms with Crippen LogP contribution in [0, 0.1) is 5.41 Å². The number of urea groups is 1. The number of anilines is 1. The van der Waals surface area contributed by atoms with Crippen molar-refractivity contribution in [3.63, 3.8) is 0 Å². The highest BCUT2D eigenvalue weighted by Gasteiger charge is 2.51. The number of hydrogen-bond donors (Lipinski definition) is 1. The number of amides is 4. The number of hydrogen-bond acceptors (Lipinski definition) is 6. The van der Waals surface area contributed by atoms with Crippen LogP contribution in [0.3, 0.4) is 0 Å². The molecule has 1 aromatic heterocycles. The molecular formula is C29H30N4O5. The van der Waals surface area contributed by atoms with Gasteiger partial charge in [-0.05, 0) is 80.1 Å². The van der Waals surface area contributed by atoms with Crippen LogP contribution >= 0.6 is 0 Å². The van der Waals surface area contributed by atoms with E-state index in [2.05, 4.69) is 11.9 Å². The summed E-state index contributed by atoms with van der Waals surface area (Å²) in [4.78, 5) is 44.8. The largest absolute Gasteiger partial charge is 0.474 e. The first kappa shape index (κ1) is 25.3. The van der Waals surface area contributed by atoms with Crippen LogP contribution in [0.4, 0.5) is 10.5 Å². The van der Waals surface area contributed by atoms with Gasteiger partial charge < -0.3 is 15.2 Å². The summed E-state index contributed by atoms with van der Waals surface area (Å²) >= 11 is 0. The predicted molar refractivity (Wildman–Crippen MR) is 141 cm³/mol. The second-order valence-corrected chi connectivity index (χ2v) is 10.3. The first-order chi connectivity index (χ1) is 18.2. The first-order valence-electron chi connectivity index (χ1n) is 12.6. The van der Waals surface area contributed by atoms with Crippen LogP contribution in [-0.4, -0.2) is 46.4 Å². The van der Waals surface area contributed by atoms with Crippen molar-refractivity contribution < 1.29 is 23.9 Å². The van der Waals surface area contributed by atoms with E-state index in [-0.39, 0.29) is 47.5 Å². The van der Waals surface area contributed by atoms with Gasteiger partial charge in [0.1, 0.15) is 23.6 Å². The fourth-order valence-electron chi connectivity index (χ4n) is 5.42. The Balaban J connectivity index is 1.17. The van der Waals surface area contributed by atoms with Crippen molar-refractivity contribution in [3.8, 4) is 17.4 Å². The summed E-state index contributed by atoms with van der Waals surface area (Å²) in [6.45, 7) is 4.04. The molecule has 1 saturated carbocycles. The molecule has 196 valence electrons. The average molecular weight is 515 g/mol. The molecule has 9 heteroatoms. The number of aromatic nitrogens is 1. The fraction of sp³-hybridized carbons (Fsp3) is 0.310. The van der Waals surface area contributed by atoms with Gasteiger partial charge in [-0.1, -0.05) is 25.1 Å². The summed E-state index contributed by atoms with van der Waals surface area (Å²) < 4.78 is 11.7. The zero-order valence-electron chi connectivity index (χ0n) is 21.4. The molecule has 1 aliphatic heterocycles. The molecule has 1 atom stereocenters. The summed E-state index contributed by atoms with van der Waals surface area (Å²) in [5.41, 5.74) is 6.20. The van der Waals surface area contributed by atoms with Gasteiger partial charge in [-0.3, -0.25) is 19.4 Å². The van der Waals surface area contributed by atoms with Crippen LogP contribution in [0.1, 0.15) is 43.5 Å². The van der Waals surface area contributed by atoms with Crippen molar-refractivity contribution in [2.45, 2.75) is 45.3 Å². The molecule has 2 aromatic carbocycles. The quantitative estimate of drug-likeness (QED) is 0.412. The van der Waals surface area contributed by atoms with E-state index in [0.717, 1.165) is 5.75 Å². The number of nitrogens with two attached hydrogens (primary N) is 1. The lowest BCUT2D eigenvalue weighted by atomic mass is 9.63. The molecule has 38 heavy (non-hydrogen) atoms. The summed E-state index contributed by atoms with van der Waals surface area (Å²) in [7, 11) is 0. The number of para-hydroxylation sites is 1. The Kier molecular flexibility index (Phi) is 6.75. The van der Waals surface area contributed by atoms with E-state index in [4.69, 9.17) is 15.2 Å². The van der Waals surface area contributed by atoms with Crippen molar-refractivity contribution in [1.82, 2.24) is 9.88 Å². The summed E-state index contributed by atoms with van der Waals surface area (Å²) in [6.07, 6.45) is 3.37. The fourth-order valence-corrected chi connectivity index (χ4v) is 5.42. The lowest BCUT2D eigenvalue weighted by molar-refractivity contribution is -0.130. The Bertz CT molecular complexity index is 1340. The van der Waals surface area contributed by atoms with Crippen molar-refractivity contribution in [2.75, 3.05) is 11.4 Å². The number of carbonyl (C=O) groups excluding carboxylic acids is 3. The zero-order chi connectivity index (χ0) is 26.9. The molecule has 3 aromatic rings. The van der Waals surface area contributed by atoms with Crippen LogP contribution in [0.2, 0.25) is 0 Å². The Labute approximate surface area is 221 Å². The molecule has 1 aliphatic carbocycles. The van der Waals surface area contributed by atoms with E-state index in [0.29, 0.717) is 30.7 Å². The predicted octanol–water partition coefficient (Wildman–Crippen LogP) is 4.77. The van der Waals surface area contributed by atoms with E-state index in [1.165, 1.54) is 9.80 Å². The monoisotopic (exact) mass is 514 g/mol. The van der Waals surface area contributed by atoms with Crippen LogP contribution in [0.5, 0.6) is 17.4 Å². The third-order valence-corrected chi connectivity index (χ3v) is 7.08. The summed E-state index contributed by atoms with van der Waals surface area (Å²) in [5, 5.41) is 0. The van der Waals surface area contributed by atoms with E-state index in [1.807, 2.05) is 37.3 Å². The van der Waals surface area contributed by atoms with Gasteiger partial charge in [0.25, 0.3) is 11.8 Å². The number of imide groups is 1. The normalized spacial score (nSPS) is 21.7. The smallest absolute Gasteiger partial charge is 0.331 e. The number of primary amides is 1. The Morgan fingerprint density at radius 3 is 2.42 bits per heavy atom. The maximum Gasteiger partial charge on any atom is 0.331 e. The highest BCUT2D eigenvalue weighted by molar-refractivity contribution is 6.12. The molecule has 5 rings (SSSR count). The van der Waals surface area contributed by atoms with Crippen LogP contribution in [-0.2, 0) is 4.79 Å². The number of pyridine rings is 1. The third kappa shape index (κ3) is 5.18. The molecule has 2 N–H and O–H groups in total. The van der Waals surface area contributed by atoms with E-state index >= 15 is 0 Å². The molecule has 0 spiro atoms. The van der Waals surface area contributed by atoms with Crippen molar-refractivity contribution in [3.05, 3.63) is 78.5 Å². The molecule has 2 aliphatic rings.